The first-order chi connectivity index (χ1) is 5.42. The Kier molecular flexibility index (Phi) is 4.77. The van der Waals surface area contributed by atoms with Crippen LogP contribution in [0.3, 0.4) is 0 Å². The predicted octanol–water partition coefficient (Wildman–Crippen LogP) is 0.127. The van der Waals surface area contributed by atoms with Crippen molar-refractivity contribution in [2.75, 3.05) is 6.61 Å². The number of rotatable bonds is 5. The van der Waals surface area contributed by atoms with E-state index >= 15 is 0 Å². The third-order valence-corrected chi connectivity index (χ3v) is 1.28. The Morgan fingerprint density at radius 1 is 1.42 bits per heavy atom. The number of carboxylic acid groups (broad SMARTS) is 1. The summed E-state index contributed by atoms with van der Waals surface area (Å²) in [4.78, 5) is 26.2. The molecule has 0 spiro atoms. The van der Waals surface area contributed by atoms with Crippen LogP contribution in [-0.2, 0) is 13.9 Å². The smallest absolute Gasteiger partial charge is 0.469 e. The Morgan fingerprint density at radius 2 is 2.00 bits per heavy atom. The van der Waals surface area contributed by atoms with E-state index in [0.29, 0.717) is 0 Å². The molecule has 0 rings (SSSR count). The van der Waals surface area contributed by atoms with Crippen molar-refractivity contribution in [1.29, 1.82) is 0 Å². The van der Waals surface area contributed by atoms with Crippen LogP contribution in [0.25, 0.3) is 0 Å². The number of phosphoric acid groups is 1. The maximum Gasteiger partial charge on any atom is 0.469 e. The lowest BCUT2D eigenvalue weighted by molar-refractivity contribution is -0.136. The first-order valence-corrected chi connectivity index (χ1v) is 4.52. The second-order valence-corrected chi connectivity index (χ2v) is 3.09. The highest BCUT2D eigenvalue weighted by Crippen LogP contribution is 2.35. The zero-order chi connectivity index (χ0) is 9.61. The number of aliphatic carboxylic acids is 1. The average Bonchev–Trinajstić information content (AvgIpc) is 1.83. The van der Waals surface area contributed by atoms with Gasteiger partial charge in [-0.15, -0.1) is 0 Å². The average molecular weight is 196 g/mol. The van der Waals surface area contributed by atoms with Gasteiger partial charge >= 0.3 is 13.8 Å². The molecule has 0 aromatic carbocycles. The molecule has 0 aliphatic rings. The lowest BCUT2D eigenvalue weighted by Crippen LogP contribution is -1.91. The minimum absolute atomic E-state index is 0.190. The van der Waals surface area contributed by atoms with Gasteiger partial charge in [0, 0.05) is 0 Å². The summed E-state index contributed by atoms with van der Waals surface area (Å²) in [5, 5.41) is 8.13. The molecule has 0 aliphatic carbocycles. The van der Waals surface area contributed by atoms with Crippen molar-refractivity contribution >= 4 is 13.8 Å². The summed E-state index contributed by atoms with van der Waals surface area (Å²) in [5.41, 5.74) is 0. The maximum absolute atomic E-state index is 10.1. The van der Waals surface area contributed by atoms with E-state index in [4.69, 9.17) is 14.9 Å². The summed E-state index contributed by atoms with van der Waals surface area (Å²) in [6, 6.07) is 0. The van der Waals surface area contributed by atoms with Crippen LogP contribution in [0.4, 0.5) is 0 Å². The Labute approximate surface area is 68.7 Å². The quantitative estimate of drug-likeness (QED) is 0.426. The van der Waals surface area contributed by atoms with Gasteiger partial charge in [0.05, 0.1) is 13.0 Å². The number of hydrogen-bond acceptors (Lipinski definition) is 3. The van der Waals surface area contributed by atoms with Gasteiger partial charge in [0.1, 0.15) is 0 Å². The monoisotopic (exact) mass is 196 g/mol. The van der Waals surface area contributed by atoms with E-state index in [1.807, 2.05) is 0 Å². The SMILES string of the molecule is O=C(O)CC=CCOP(=O)(O)O. The summed E-state index contributed by atoms with van der Waals surface area (Å²) >= 11 is 0. The fourth-order valence-corrected chi connectivity index (χ4v) is 0.673. The van der Waals surface area contributed by atoms with Crippen molar-refractivity contribution in [1.82, 2.24) is 0 Å². The van der Waals surface area contributed by atoms with Gasteiger partial charge < -0.3 is 14.9 Å². The van der Waals surface area contributed by atoms with Crippen LogP contribution >= 0.6 is 7.82 Å². The largest absolute Gasteiger partial charge is 0.481 e. The Bertz CT molecular complexity index is 216. The maximum atomic E-state index is 10.1. The number of carboxylic acids is 1. The second kappa shape index (κ2) is 5.05. The Hall–Kier alpha value is -0.680. The summed E-state index contributed by atoms with van der Waals surface area (Å²) in [6.45, 7) is -0.294. The van der Waals surface area contributed by atoms with Gasteiger partial charge in [0.25, 0.3) is 0 Å². The molecule has 70 valence electrons. The number of hydrogen-bond donors (Lipinski definition) is 3. The molecule has 0 saturated carbocycles. The predicted molar refractivity (Wildman–Crippen MR) is 39.4 cm³/mol. The Balaban J connectivity index is 3.50. The number of phosphoric ester groups is 1. The molecule has 0 saturated heterocycles. The van der Waals surface area contributed by atoms with E-state index in [2.05, 4.69) is 4.52 Å². The summed E-state index contributed by atoms with van der Waals surface area (Å²) < 4.78 is 14.0. The van der Waals surface area contributed by atoms with E-state index in [9.17, 15) is 9.36 Å². The molecule has 0 fully saturated rings. The molecule has 0 radical (unpaired) electrons. The molecule has 0 bridgehead atoms. The van der Waals surface area contributed by atoms with Crippen molar-refractivity contribution in [3.63, 3.8) is 0 Å². The van der Waals surface area contributed by atoms with Crippen LogP contribution < -0.4 is 0 Å². The van der Waals surface area contributed by atoms with Gasteiger partial charge in [-0.2, -0.15) is 0 Å². The highest BCUT2D eigenvalue weighted by atomic mass is 31.2. The lowest BCUT2D eigenvalue weighted by atomic mass is 10.4. The van der Waals surface area contributed by atoms with Crippen molar-refractivity contribution in [2.45, 2.75) is 6.42 Å². The van der Waals surface area contributed by atoms with Crippen molar-refractivity contribution in [2.24, 2.45) is 0 Å². The van der Waals surface area contributed by atoms with Crippen molar-refractivity contribution < 1.29 is 28.8 Å². The third kappa shape index (κ3) is 9.32. The van der Waals surface area contributed by atoms with Gasteiger partial charge in [-0.05, 0) is 0 Å². The van der Waals surface area contributed by atoms with Gasteiger partial charge in [-0.3, -0.25) is 9.32 Å². The Morgan fingerprint density at radius 3 is 2.42 bits per heavy atom. The van der Waals surface area contributed by atoms with Crippen LogP contribution in [0.15, 0.2) is 12.2 Å². The van der Waals surface area contributed by atoms with Gasteiger partial charge in [0.2, 0.25) is 0 Å². The van der Waals surface area contributed by atoms with Crippen LogP contribution in [-0.4, -0.2) is 27.5 Å². The fourth-order valence-electron chi connectivity index (χ4n) is 0.392. The highest BCUT2D eigenvalue weighted by molar-refractivity contribution is 7.46. The molecule has 3 N–H and O–H groups in total. The first-order valence-electron chi connectivity index (χ1n) is 2.98. The molecular formula is C5H9O6P. The molecule has 12 heavy (non-hydrogen) atoms. The zero-order valence-corrected chi connectivity index (χ0v) is 6.98. The molecule has 0 aromatic rings. The van der Waals surface area contributed by atoms with Crippen LogP contribution in [0.1, 0.15) is 6.42 Å². The molecule has 6 nitrogen and oxygen atoms in total. The van der Waals surface area contributed by atoms with E-state index in [-0.39, 0.29) is 13.0 Å². The molecule has 0 atom stereocenters. The highest BCUT2D eigenvalue weighted by Gasteiger charge is 2.11. The molecular weight excluding hydrogens is 187 g/mol. The second-order valence-electron chi connectivity index (χ2n) is 1.86. The third-order valence-electron chi connectivity index (χ3n) is 0.798. The van der Waals surface area contributed by atoms with Crippen molar-refractivity contribution in [3.8, 4) is 0 Å². The minimum Gasteiger partial charge on any atom is -0.481 e. The molecule has 0 unspecified atom stereocenters. The summed E-state index contributed by atoms with van der Waals surface area (Å²) in [5.74, 6) is -1.01. The van der Waals surface area contributed by atoms with E-state index in [1.165, 1.54) is 12.2 Å². The topological polar surface area (TPSA) is 104 Å². The standard InChI is InChI=1S/C5H9O6P/c6-5(7)3-1-2-4-11-12(8,9)10/h1-2H,3-4H2,(H,6,7)(H2,8,9,10). The normalized spacial score (nSPS) is 12.2. The molecule has 0 heterocycles. The molecule has 0 aromatic heterocycles. The lowest BCUT2D eigenvalue weighted by Gasteiger charge is -1.99. The van der Waals surface area contributed by atoms with Gasteiger partial charge in [-0.1, -0.05) is 12.2 Å². The first kappa shape index (κ1) is 11.3. The number of carbonyl (C=O) groups is 1. The summed E-state index contributed by atoms with van der Waals surface area (Å²) in [6.07, 6.45) is 2.29. The minimum atomic E-state index is -4.43. The molecule has 0 aliphatic heterocycles. The van der Waals surface area contributed by atoms with E-state index < -0.39 is 13.8 Å². The van der Waals surface area contributed by atoms with E-state index in [0.717, 1.165) is 0 Å². The molecule has 0 amide bonds. The summed E-state index contributed by atoms with van der Waals surface area (Å²) in [7, 11) is -4.43. The zero-order valence-electron chi connectivity index (χ0n) is 6.08. The van der Waals surface area contributed by atoms with Crippen LogP contribution in [0.5, 0.6) is 0 Å². The molecule has 7 heteroatoms. The van der Waals surface area contributed by atoms with Crippen LogP contribution in [0.2, 0.25) is 0 Å². The van der Waals surface area contributed by atoms with Gasteiger partial charge in [-0.25, -0.2) is 4.57 Å². The van der Waals surface area contributed by atoms with Gasteiger partial charge in [0.15, 0.2) is 0 Å². The fraction of sp³-hybridized carbons (Fsp3) is 0.400. The van der Waals surface area contributed by atoms with Crippen molar-refractivity contribution in [3.05, 3.63) is 12.2 Å². The van der Waals surface area contributed by atoms with Crippen LogP contribution in [0, 0.1) is 0 Å². The van der Waals surface area contributed by atoms with E-state index in [1.54, 1.807) is 0 Å².